The minimum atomic E-state index is 0.0685. The highest BCUT2D eigenvalue weighted by atomic mass is 16.1. The third-order valence-corrected chi connectivity index (χ3v) is 3.91. The van der Waals surface area contributed by atoms with Crippen molar-refractivity contribution in [2.45, 2.75) is 51.5 Å². The normalized spacial score (nSPS) is 23.0. The van der Waals surface area contributed by atoms with Gasteiger partial charge in [0, 0.05) is 11.7 Å². The van der Waals surface area contributed by atoms with Crippen LogP contribution in [0.1, 0.15) is 44.7 Å². The van der Waals surface area contributed by atoms with Crippen LogP contribution < -0.4 is 11.1 Å². The molecular weight excluding hydrogens is 238 g/mol. The highest BCUT2D eigenvalue weighted by Crippen LogP contribution is 2.26. The maximum absolute atomic E-state index is 12.0. The highest BCUT2D eigenvalue weighted by molar-refractivity contribution is 5.78. The number of hydrogen-bond donors (Lipinski definition) is 2. The molecule has 0 bridgehead atoms. The van der Waals surface area contributed by atoms with E-state index in [0.29, 0.717) is 18.2 Å². The molecule has 0 spiro atoms. The van der Waals surface area contributed by atoms with E-state index in [2.05, 4.69) is 17.2 Å². The average molecular weight is 261 g/mol. The largest absolute Gasteiger partial charge is 0.397 e. The molecule has 4 nitrogen and oxygen atoms in total. The first-order valence-corrected chi connectivity index (χ1v) is 7.17. The van der Waals surface area contributed by atoms with Crippen molar-refractivity contribution in [2.24, 2.45) is 5.92 Å². The van der Waals surface area contributed by atoms with Gasteiger partial charge in [0.2, 0.25) is 5.91 Å². The van der Waals surface area contributed by atoms with Crippen molar-refractivity contribution < 1.29 is 4.79 Å². The van der Waals surface area contributed by atoms with Gasteiger partial charge in [-0.2, -0.15) is 0 Å². The number of pyridine rings is 1. The van der Waals surface area contributed by atoms with Gasteiger partial charge in [0.05, 0.1) is 18.3 Å². The van der Waals surface area contributed by atoms with E-state index < -0.39 is 0 Å². The summed E-state index contributed by atoms with van der Waals surface area (Å²) >= 11 is 0. The number of carbonyl (C=O) groups is 1. The molecule has 4 heteroatoms. The van der Waals surface area contributed by atoms with Gasteiger partial charge in [0.25, 0.3) is 0 Å². The third-order valence-electron chi connectivity index (χ3n) is 3.91. The predicted octanol–water partition coefficient (Wildman–Crippen LogP) is 2.29. The molecule has 1 heterocycles. The van der Waals surface area contributed by atoms with Crippen LogP contribution in [-0.4, -0.2) is 16.9 Å². The maximum Gasteiger partial charge on any atom is 0.226 e. The van der Waals surface area contributed by atoms with Gasteiger partial charge in [-0.15, -0.1) is 0 Å². The lowest BCUT2D eigenvalue weighted by Gasteiger charge is -2.29. The standard InChI is InChI=1S/C15H23N3O/c1-2-11-4-3-5-14(8-11)18-15(19)9-13-7-6-12(16)10-17-13/h6-7,10-11,14H,2-5,8-9,16H2,1H3,(H,18,19). The molecule has 19 heavy (non-hydrogen) atoms. The zero-order chi connectivity index (χ0) is 13.7. The number of anilines is 1. The molecule has 2 unspecified atom stereocenters. The molecule has 2 rings (SSSR count). The Morgan fingerprint density at radius 1 is 1.47 bits per heavy atom. The monoisotopic (exact) mass is 261 g/mol. The van der Waals surface area contributed by atoms with Crippen LogP contribution in [-0.2, 0) is 11.2 Å². The van der Waals surface area contributed by atoms with Crippen molar-refractivity contribution in [3.63, 3.8) is 0 Å². The van der Waals surface area contributed by atoms with E-state index in [0.717, 1.165) is 24.5 Å². The minimum absolute atomic E-state index is 0.0685. The fourth-order valence-electron chi connectivity index (χ4n) is 2.78. The van der Waals surface area contributed by atoms with Crippen molar-refractivity contribution in [3.05, 3.63) is 24.0 Å². The van der Waals surface area contributed by atoms with Crippen LogP contribution in [0.4, 0.5) is 5.69 Å². The van der Waals surface area contributed by atoms with E-state index in [1.54, 1.807) is 12.3 Å². The molecule has 0 radical (unpaired) electrons. The molecule has 104 valence electrons. The lowest BCUT2D eigenvalue weighted by Crippen LogP contribution is -2.39. The molecule has 3 N–H and O–H groups in total. The first kappa shape index (κ1) is 13.8. The zero-order valence-corrected chi connectivity index (χ0v) is 11.6. The van der Waals surface area contributed by atoms with Crippen LogP contribution >= 0.6 is 0 Å². The van der Waals surface area contributed by atoms with Gasteiger partial charge in [-0.3, -0.25) is 9.78 Å². The molecule has 1 saturated carbocycles. The molecule has 0 aromatic carbocycles. The summed E-state index contributed by atoms with van der Waals surface area (Å²) < 4.78 is 0. The molecule has 1 fully saturated rings. The van der Waals surface area contributed by atoms with Gasteiger partial charge in [-0.1, -0.05) is 26.2 Å². The summed E-state index contributed by atoms with van der Waals surface area (Å²) in [4.78, 5) is 16.1. The van der Waals surface area contributed by atoms with Crippen LogP contribution in [0.15, 0.2) is 18.3 Å². The molecule has 0 saturated heterocycles. The second-order valence-electron chi connectivity index (χ2n) is 5.46. The summed E-state index contributed by atoms with van der Waals surface area (Å²) in [6.45, 7) is 2.23. The van der Waals surface area contributed by atoms with Gasteiger partial charge >= 0.3 is 0 Å². The number of nitrogen functional groups attached to an aromatic ring is 1. The zero-order valence-electron chi connectivity index (χ0n) is 11.6. The van der Waals surface area contributed by atoms with E-state index in [1.165, 1.54) is 19.3 Å². The molecule has 1 aliphatic rings. The molecule has 0 aliphatic heterocycles. The minimum Gasteiger partial charge on any atom is -0.397 e. The fraction of sp³-hybridized carbons (Fsp3) is 0.600. The van der Waals surface area contributed by atoms with Gasteiger partial charge in [0.15, 0.2) is 0 Å². The fourth-order valence-corrected chi connectivity index (χ4v) is 2.78. The maximum atomic E-state index is 12.0. The van der Waals surface area contributed by atoms with E-state index in [1.807, 2.05) is 6.07 Å². The molecule has 1 amide bonds. The van der Waals surface area contributed by atoms with Crippen LogP contribution in [0, 0.1) is 5.92 Å². The summed E-state index contributed by atoms with van der Waals surface area (Å²) in [7, 11) is 0. The predicted molar refractivity (Wildman–Crippen MR) is 76.5 cm³/mol. The summed E-state index contributed by atoms with van der Waals surface area (Å²) in [6.07, 6.45) is 7.91. The van der Waals surface area contributed by atoms with E-state index in [-0.39, 0.29) is 5.91 Å². The summed E-state index contributed by atoms with van der Waals surface area (Å²) in [5.41, 5.74) is 6.97. The number of rotatable bonds is 4. The first-order chi connectivity index (χ1) is 9.17. The lowest BCUT2D eigenvalue weighted by molar-refractivity contribution is -0.121. The summed E-state index contributed by atoms with van der Waals surface area (Å²) in [5.74, 6) is 0.840. The Bertz CT molecular complexity index is 416. The Morgan fingerprint density at radius 2 is 2.32 bits per heavy atom. The average Bonchev–Trinajstić information content (AvgIpc) is 2.41. The number of hydrogen-bond acceptors (Lipinski definition) is 3. The Kier molecular flexibility index (Phi) is 4.77. The van der Waals surface area contributed by atoms with E-state index in [9.17, 15) is 4.79 Å². The highest BCUT2D eigenvalue weighted by Gasteiger charge is 2.22. The number of carbonyl (C=O) groups excluding carboxylic acids is 1. The van der Waals surface area contributed by atoms with Crippen LogP contribution in [0.5, 0.6) is 0 Å². The van der Waals surface area contributed by atoms with Crippen molar-refractivity contribution >= 4 is 11.6 Å². The summed E-state index contributed by atoms with van der Waals surface area (Å²) in [6, 6.07) is 3.94. The first-order valence-electron chi connectivity index (χ1n) is 7.17. The third kappa shape index (κ3) is 4.23. The topological polar surface area (TPSA) is 68.0 Å². The molecule has 1 aromatic rings. The Morgan fingerprint density at radius 3 is 3.00 bits per heavy atom. The van der Waals surface area contributed by atoms with Crippen LogP contribution in [0.25, 0.3) is 0 Å². The number of amides is 1. The molecular formula is C15H23N3O. The van der Waals surface area contributed by atoms with Crippen LogP contribution in [0.2, 0.25) is 0 Å². The SMILES string of the molecule is CCC1CCCC(NC(=O)Cc2ccc(N)cn2)C1. The van der Waals surface area contributed by atoms with Gasteiger partial charge < -0.3 is 11.1 Å². The van der Waals surface area contributed by atoms with Gasteiger partial charge in [-0.25, -0.2) is 0 Å². The van der Waals surface area contributed by atoms with E-state index in [4.69, 9.17) is 5.73 Å². The van der Waals surface area contributed by atoms with Crippen LogP contribution in [0.3, 0.4) is 0 Å². The number of nitrogens with two attached hydrogens (primary N) is 1. The Hall–Kier alpha value is -1.58. The second kappa shape index (κ2) is 6.55. The molecule has 1 aliphatic carbocycles. The lowest BCUT2D eigenvalue weighted by atomic mass is 9.84. The Labute approximate surface area is 114 Å². The Balaban J connectivity index is 1.82. The quantitative estimate of drug-likeness (QED) is 0.873. The van der Waals surface area contributed by atoms with Crippen molar-refractivity contribution in [1.82, 2.24) is 10.3 Å². The van der Waals surface area contributed by atoms with Gasteiger partial charge in [0.1, 0.15) is 0 Å². The molecule has 1 aromatic heterocycles. The smallest absolute Gasteiger partial charge is 0.226 e. The summed E-state index contributed by atoms with van der Waals surface area (Å²) in [5, 5.41) is 3.14. The van der Waals surface area contributed by atoms with Crippen molar-refractivity contribution in [2.75, 3.05) is 5.73 Å². The second-order valence-corrected chi connectivity index (χ2v) is 5.46. The molecule has 2 atom stereocenters. The van der Waals surface area contributed by atoms with Crippen molar-refractivity contribution in [1.29, 1.82) is 0 Å². The van der Waals surface area contributed by atoms with E-state index >= 15 is 0 Å². The number of nitrogens with one attached hydrogen (secondary N) is 1. The van der Waals surface area contributed by atoms with Gasteiger partial charge in [-0.05, 0) is 30.9 Å². The number of nitrogens with zero attached hydrogens (tertiary/aromatic N) is 1. The number of aromatic nitrogens is 1. The van der Waals surface area contributed by atoms with Crippen molar-refractivity contribution in [3.8, 4) is 0 Å².